The quantitative estimate of drug-likeness (QED) is 0.235. The van der Waals surface area contributed by atoms with Gasteiger partial charge < -0.3 is 26.2 Å². The summed E-state index contributed by atoms with van der Waals surface area (Å²) in [6.07, 6.45) is 14.5. The number of nitrogens with one attached hydrogen (secondary N) is 4. The zero-order valence-corrected chi connectivity index (χ0v) is 32.5. The zero-order valence-electron chi connectivity index (χ0n) is 32.5. The van der Waals surface area contributed by atoms with E-state index in [-0.39, 0.29) is 34.0 Å². The fourth-order valence-electron chi connectivity index (χ4n) is 10.5. The second-order valence-electron chi connectivity index (χ2n) is 18.3. The lowest BCUT2D eigenvalue weighted by Crippen LogP contribution is -2.62. The molecule has 0 aromatic carbocycles. The van der Waals surface area contributed by atoms with Crippen LogP contribution in [0.5, 0.6) is 0 Å². The van der Waals surface area contributed by atoms with E-state index in [1.165, 1.54) is 13.2 Å². The van der Waals surface area contributed by atoms with Crippen LogP contribution >= 0.6 is 0 Å². The Balaban J connectivity index is 1.28. The minimum atomic E-state index is -1.00. The van der Waals surface area contributed by atoms with Gasteiger partial charge in [0.1, 0.15) is 18.1 Å². The Kier molecular flexibility index (Phi) is 10.8. The van der Waals surface area contributed by atoms with E-state index in [1.807, 2.05) is 20.8 Å². The first-order valence-corrected chi connectivity index (χ1v) is 19.9. The number of hydrogen-bond acceptors (Lipinski definition) is 7. The predicted molar refractivity (Wildman–Crippen MR) is 199 cm³/mol. The highest BCUT2D eigenvalue weighted by Gasteiger charge is 2.85. The zero-order chi connectivity index (χ0) is 38.3. The molecule has 1 saturated heterocycles. The lowest BCUT2D eigenvalue weighted by molar-refractivity contribution is -0.145. The van der Waals surface area contributed by atoms with Gasteiger partial charge >= 0.3 is 0 Å². The Bertz CT molecular complexity index is 1590. The van der Waals surface area contributed by atoms with E-state index in [1.54, 1.807) is 23.2 Å². The van der Waals surface area contributed by atoms with Crippen LogP contribution < -0.4 is 21.3 Å². The Morgan fingerprint density at radius 2 is 1.60 bits per heavy atom. The molecule has 1 aromatic rings. The minimum Gasteiger partial charge on any atom is -0.353 e. The largest absolute Gasteiger partial charge is 0.353 e. The maximum atomic E-state index is 15.0. The summed E-state index contributed by atoms with van der Waals surface area (Å²) < 4.78 is 0. The first kappa shape index (κ1) is 38.9. The van der Waals surface area contributed by atoms with Crippen LogP contribution in [0.2, 0.25) is 0 Å². The number of likely N-dealkylation sites (tertiary alicyclic amines) is 1. The van der Waals surface area contributed by atoms with Crippen molar-refractivity contribution in [3.05, 3.63) is 30.1 Å². The van der Waals surface area contributed by atoms with Gasteiger partial charge in [-0.15, -0.1) is 0 Å². The molecule has 1 aliphatic heterocycles. The fraction of sp³-hybridized carbons (Fsp3) is 0.732. The number of hydrogen-bond donors (Lipinski definition) is 4. The van der Waals surface area contributed by atoms with Crippen molar-refractivity contribution in [3.8, 4) is 0 Å². The van der Waals surface area contributed by atoms with Gasteiger partial charge in [-0.05, 0) is 78.7 Å². The van der Waals surface area contributed by atoms with Crippen LogP contribution in [0.25, 0.3) is 0 Å². The molecular weight excluding hydrogens is 672 g/mol. The molecule has 12 heteroatoms. The van der Waals surface area contributed by atoms with Crippen molar-refractivity contribution in [3.63, 3.8) is 0 Å². The van der Waals surface area contributed by atoms with E-state index >= 15 is 4.79 Å². The average Bonchev–Trinajstić information content (AvgIpc) is 3.31. The fourth-order valence-corrected chi connectivity index (χ4v) is 10.5. The third-order valence-corrected chi connectivity index (χ3v) is 14.3. The van der Waals surface area contributed by atoms with Gasteiger partial charge in [0.25, 0.3) is 11.8 Å². The maximum Gasteiger partial charge on any atom is 0.289 e. The molecule has 2 spiro atoms. The van der Waals surface area contributed by atoms with Gasteiger partial charge in [-0.25, -0.2) is 0 Å². The molecule has 1 aromatic heterocycles. The molecule has 0 radical (unpaired) electrons. The van der Waals surface area contributed by atoms with Crippen molar-refractivity contribution in [2.75, 3.05) is 13.6 Å². The number of likely N-dealkylation sites (N-methyl/N-ethyl adjacent to an activating group) is 1. The number of nitrogens with zero attached hydrogens (tertiary/aromatic N) is 2. The summed E-state index contributed by atoms with van der Waals surface area (Å²) in [5, 5.41) is 11.4. The summed E-state index contributed by atoms with van der Waals surface area (Å²) in [4.78, 5) is 88.7. The first-order valence-electron chi connectivity index (χ1n) is 19.9. The van der Waals surface area contributed by atoms with Gasteiger partial charge in [-0.1, -0.05) is 79.6 Å². The Morgan fingerprint density at radius 3 is 2.13 bits per heavy atom. The molecular formula is C41H60N6O6. The second kappa shape index (κ2) is 14.8. The number of ketones is 1. The van der Waals surface area contributed by atoms with Crippen LogP contribution in [-0.4, -0.2) is 83.0 Å². The predicted octanol–water partition coefficient (Wildman–Crippen LogP) is 4.08. The number of amides is 5. The molecule has 6 rings (SSSR count). The Morgan fingerprint density at radius 1 is 0.906 bits per heavy atom. The average molecular weight is 733 g/mol. The monoisotopic (exact) mass is 732 g/mol. The highest BCUT2D eigenvalue weighted by atomic mass is 16.2. The van der Waals surface area contributed by atoms with E-state index in [4.69, 9.17) is 0 Å². The summed E-state index contributed by atoms with van der Waals surface area (Å²) in [5.41, 5.74) is -0.747. The summed E-state index contributed by atoms with van der Waals surface area (Å²) in [6.45, 7) is 10.5. The third-order valence-electron chi connectivity index (χ3n) is 14.3. The SMILES string of the molecule is CNC(=O)C(=O)C(CC1CCC1)NC(=O)[C@@H]1C[C@@]2(CN1C(=O)[C@@H](NC(=O)[C@@H](NC(=O)c1cccnc1)C1CCCCC1)C(C)(C)C)C(C)(C)C21CCC1. The number of carbonyl (C=O) groups is 6. The molecule has 5 atom stereocenters. The first-order chi connectivity index (χ1) is 25.1. The smallest absolute Gasteiger partial charge is 0.289 e. The summed E-state index contributed by atoms with van der Waals surface area (Å²) in [7, 11) is 1.40. The van der Waals surface area contributed by atoms with Crippen LogP contribution in [0.15, 0.2) is 24.5 Å². The maximum absolute atomic E-state index is 15.0. The van der Waals surface area contributed by atoms with Gasteiger partial charge in [-0.3, -0.25) is 33.8 Å². The standard InChI is InChI=1S/C41H60N6O6/c1-38(2,3)32(46-35(51)30(26-15-8-7-9-16-26)45-33(49)27-17-11-20-43-23-27)37(53)47-24-41(39(4,5)40(41)18-12-19-40)22-29(47)34(50)44-28(21-25-13-10-14-25)31(48)36(52)42-6/h11,17,20,23,25-26,28-30,32H,7-10,12-16,18-19,21-22,24H2,1-6H3,(H,42,52)(H,44,50)(H,45,49)(H,46,51)/t28?,29-,30-,32+,41+/m0/s1. The topological polar surface area (TPSA) is 167 Å². The van der Waals surface area contributed by atoms with Gasteiger partial charge in [0.05, 0.1) is 11.6 Å². The molecule has 5 fully saturated rings. The number of rotatable bonds is 12. The molecule has 4 N–H and O–H groups in total. The van der Waals surface area contributed by atoms with E-state index in [0.717, 1.165) is 70.6 Å². The molecule has 53 heavy (non-hydrogen) atoms. The third kappa shape index (κ3) is 6.99. The van der Waals surface area contributed by atoms with E-state index in [0.29, 0.717) is 24.9 Å². The number of Topliss-reactive ketones (excluding diaryl/α,β-unsaturated/α-hetero) is 1. The van der Waals surface area contributed by atoms with Crippen molar-refractivity contribution in [2.45, 2.75) is 142 Å². The van der Waals surface area contributed by atoms with E-state index < -0.39 is 59.0 Å². The van der Waals surface area contributed by atoms with Gasteiger partial charge in [0, 0.05) is 31.4 Å². The molecule has 4 aliphatic carbocycles. The molecule has 5 amide bonds. The highest BCUT2D eigenvalue weighted by molar-refractivity contribution is 6.38. The normalized spacial score (nSPS) is 26.4. The van der Waals surface area contributed by atoms with Crippen LogP contribution in [0.1, 0.15) is 128 Å². The molecule has 1 unspecified atom stereocenters. The molecule has 0 bridgehead atoms. The van der Waals surface area contributed by atoms with Gasteiger partial charge in [0.2, 0.25) is 23.5 Å². The Hall–Kier alpha value is -3.83. The molecule has 2 heterocycles. The van der Waals surface area contributed by atoms with Crippen molar-refractivity contribution in [1.82, 2.24) is 31.2 Å². The van der Waals surface area contributed by atoms with Crippen molar-refractivity contribution in [2.24, 2.45) is 33.5 Å². The lowest BCUT2D eigenvalue weighted by atomic mass is 9.73. The van der Waals surface area contributed by atoms with E-state index in [9.17, 15) is 24.0 Å². The molecule has 4 saturated carbocycles. The van der Waals surface area contributed by atoms with Crippen LogP contribution in [0.4, 0.5) is 0 Å². The highest BCUT2D eigenvalue weighted by Crippen LogP contribution is 2.88. The molecule has 5 aliphatic rings. The Labute approximate surface area is 314 Å². The summed E-state index contributed by atoms with van der Waals surface area (Å²) >= 11 is 0. The van der Waals surface area contributed by atoms with Crippen molar-refractivity contribution < 1.29 is 28.8 Å². The minimum absolute atomic E-state index is 0.0277. The van der Waals surface area contributed by atoms with Gasteiger partial charge in [-0.2, -0.15) is 0 Å². The molecule has 290 valence electrons. The summed E-state index contributed by atoms with van der Waals surface area (Å²) in [5.74, 6) is -2.88. The number of fused-ring (bicyclic) bond motifs is 1. The van der Waals surface area contributed by atoms with Crippen LogP contribution in [0.3, 0.4) is 0 Å². The summed E-state index contributed by atoms with van der Waals surface area (Å²) in [6, 6.07) is -0.380. The van der Waals surface area contributed by atoms with Crippen molar-refractivity contribution in [1.29, 1.82) is 0 Å². The molecule has 12 nitrogen and oxygen atoms in total. The number of aromatic nitrogens is 1. The lowest BCUT2D eigenvalue weighted by Gasteiger charge is -2.38. The van der Waals surface area contributed by atoms with Crippen molar-refractivity contribution >= 4 is 35.3 Å². The second-order valence-corrected chi connectivity index (χ2v) is 18.3. The number of pyridine rings is 1. The number of carbonyl (C=O) groups excluding carboxylic acids is 6. The van der Waals surface area contributed by atoms with Crippen LogP contribution in [-0.2, 0) is 24.0 Å². The van der Waals surface area contributed by atoms with E-state index in [2.05, 4.69) is 40.1 Å². The van der Waals surface area contributed by atoms with Gasteiger partial charge in [0.15, 0.2) is 0 Å². The van der Waals surface area contributed by atoms with Crippen LogP contribution in [0, 0.1) is 33.5 Å².